The molecule has 1 heterocycles. The third kappa shape index (κ3) is 3.82. The van der Waals surface area contributed by atoms with Gasteiger partial charge in [0, 0.05) is 23.7 Å². The van der Waals surface area contributed by atoms with Gasteiger partial charge in [-0.25, -0.2) is 8.42 Å². The lowest BCUT2D eigenvalue weighted by atomic mass is 10.2. The number of hydrogen-bond acceptors (Lipinski definition) is 3. The monoisotopic (exact) mass is 280 g/mol. The van der Waals surface area contributed by atoms with Gasteiger partial charge in [0.25, 0.3) is 5.91 Å². The van der Waals surface area contributed by atoms with E-state index in [2.05, 4.69) is 10.3 Å². The predicted octanol–water partition coefficient (Wildman–Crippen LogP) is 1.33. The van der Waals surface area contributed by atoms with E-state index in [0.29, 0.717) is 18.7 Å². The maximum atomic E-state index is 11.8. The summed E-state index contributed by atoms with van der Waals surface area (Å²) in [5, 5.41) is 3.67. The van der Waals surface area contributed by atoms with Crippen LogP contribution in [-0.4, -0.2) is 37.9 Å². The summed E-state index contributed by atoms with van der Waals surface area (Å²) in [6.45, 7) is 0.348. The third-order valence-corrected chi connectivity index (χ3v) is 3.78. The average Bonchev–Trinajstić information content (AvgIpc) is 2.77. The molecule has 0 fully saturated rings. The van der Waals surface area contributed by atoms with Crippen molar-refractivity contribution in [2.45, 2.75) is 6.42 Å². The number of nitrogens with one attached hydrogen (secondary N) is 2. The van der Waals surface area contributed by atoms with Gasteiger partial charge in [-0.2, -0.15) is 0 Å². The first kappa shape index (κ1) is 13.6. The molecule has 1 aromatic heterocycles. The van der Waals surface area contributed by atoms with Crippen LogP contribution in [-0.2, 0) is 9.84 Å². The standard InChI is InChI=1S/C13H16N2O3S/c1-19(17,18)8-4-7-14-13(16)12-9-10-5-2-3-6-11(10)15-12/h2-3,5-6,9,15H,4,7-8H2,1H3,(H,14,16). The Labute approximate surface area is 111 Å². The summed E-state index contributed by atoms with van der Waals surface area (Å²) < 4.78 is 21.9. The number of aromatic amines is 1. The molecule has 5 nitrogen and oxygen atoms in total. The minimum Gasteiger partial charge on any atom is -0.351 e. The second kappa shape index (κ2) is 5.44. The van der Waals surface area contributed by atoms with Crippen molar-refractivity contribution in [3.05, 3.63) is 36.0 Å². The van der Waals surface area contributed by atoms with Gasteiger partial charge in [0.2, 0.25) is 0 Å². The molecule has 1 amide bonds. The molecule has 0 spiro atoms. The van der Waals surface area contributed by atoms with Crippen molar-refractivity contribution in [3.8, 4) is 0 Å². The van der Waals surface area contributed by atoms with Crippen LogP contribution in [0.5, 0.6) is 0 Å². The number of aromatic nitrogens is 1. The van der Waals surface area contributed by atoms with Crippen molar-refractivity contribution in [1.82, 2.24) is 10.3 Å². The predicted molar refractivity (Wildman–Crippen MR) is 75.0 cm³/mol. The summed E-state index contributed by atoms with van der Waals surface area (Å²) in [5.74, 6) is -0.135. The molecule has 19 heavy (non-hydrogen) atoms. The quantitative estimate of drug-likeness (QED) is 0.811. The number of benzene rings is 1. The highest BCUT2D eigenvalue weighted by molar-refractivity contribution is 7.90. The summed E-state index contributed by atoms with van der Waals surface area (Å²) >= 11 is 0. The zero-order valence-electron chi connectivity index (χ0n) is 10.6. The Kier molecular flexibility index (Phi) is 3.90. The van der Waals surface area contributed by atoms with Crippen molar-refractivity contribution in [3.63, 3.8) is 0 Å². The number of rotatable bonds is 5. The van der Waals surface area contributed by atoms with Gasteiger partial charge >= 0.3 is 0 Å². The van der Waals surface area contributed by atoms with Crippen LogP contribution in [0.2, 0.25) is 0 Å². The Morgan fingerprint density at radius 3 is 2.74 bits per heavy atom. The minimum absolute atomic E-state index is 0.0833. The number of hydrogen-bond donors (Lipinski definition) is 2. The average molecular weight is 280 g/mol. The lowest BCUT2D eigenvalue weighted by Crippen LogP contribution is -2.26. The van der Waals surface area contributed by atoms with Gasteiger partial charge < -0.3 is 10.3 Å². The number of carbonyl (C=O) groups excluding carboxylic acids is 1. The molecule has 0 unspecified atom stereocenters. The zero-order chi connectivity index (χ0) is 13.9. The summed E-state index contributed by atoms with van der Waals surface area (Å²) in [7, 11) is -2.97. The molecule has 0 saturated heterocycles. The number of amides is 1. The van der Waals surface area contributed by atoms with Gasteiger partial charge in [-0.1, -0.05) is 18.2 Å². The van der Waals surface area contributed by atoms with Gasteiger partial charge in [0.15, 0.2) is 0 Å². The minimum atomic E-state index is -2.97. The van der Waals surface area contributed by atoms with E-state index in [1.54, 1.807) is 6.07 Å². The van der Waals surface area contributed by atoms with Gasteiger partial charge in [-0.3, -0.25) is 4.79 Å². The second-order valence-corrected chi connectivity index (χ2v) is 6.77. The van der Waals surface area contributed by atoms with Crippen molar-refractivity contribution >= 4 is 26.6 Å². The number of fused-ring (bicyclic) bond motifs is 1. The molecule has 2 N–H and O–H groups in total. The molecule has 0 aliphatic heterocycles. The molecule has 6 heteroatoms. The molecule has 1 aromatic carbocycles. The molecule has 2 aromatic rings. The number of para-hydroxylation sites is 1. The van der Waals surface area contributed by atoms with Gasteiger partial charge in [-0.15, -0.1) is 0 Å². The molecule has 0 aliphatic carbocycles. The highest BCUT2D eigenvalue weighted by atomic mass is 32.2. The van der Waals surface area contributed by atoms with E-state index in [0.717, 1.165) is 10.9 Å². The molecule has 0 bridgehead atoms. The topological polar surface area (TPSA) is 79.0 Å². The first-order valence-electron chi connectivity index (χ1n) is 5.99. The summed E-state index contributed by atoms with van der Waals surface area (Å²) in [6.07, 6.45) is 1.61. The third-order valence-electron chi connectivity index (χ3n) is 2.75. The largest absolute Gasteiger partial charge is 0.351 e. The zero-order valence-corrected chi connectivity index (χ0v) is 11.5. The Morgan fingerprint density at radius 1 is 1.32 bits per heavy atom. The molecule has 0 saturated carbocycles. The fraction of sp³-hybridized carbons (Fsp3) is 0.308. The number of carbonyl (C=O) groups is 1. The van der Waals surface area contributed by atoms with Gasteiger partial charge in [-0.05, 0) is 18.6 Å². The molecule has 0 radical (unpaired) electrons. The fourth-order valence-electron chi connectivity index (χ4n) is 1.83. The summed E-state index contributed by atoms with van der Waals surface area (Å²) in [5.41, 5.74) is 1.39. The maximum Gasteiger partial charge on any atom is 0.267 e. The van der Waals surface area contributed by atoms with Crippen LogP contribution in [0.4, 0.5) is 0 Å². The molecular weight excluding hydrogens is 264 g/mol. The summed E-state index contributed by atoms with van der Waals surface area (Å²) in [6, 6.07) is 9.40. The first-order chi connectivity index (χ1) is 8.96. The Bertz CT molecular complexity index is 656. The lowest BCUT2D eigenvalue weighted by molar-refractivity contribution is 0.0949. The van der Waals surface area contributed by atoms with E-state index in [1.807, 2.05) is 24.3 Å². The van der Waals surface area contributed by atoms with Crippen LogP contribution in [0, 0.1) is 0 Å². The van der Waals surface area contributed by atoms with E-state index < -0.39 is 9.84 Å². The van der Waals surface area contributed by atoms with E-state index in [4.69, 9.17) is 0 Å². The van der Waals surface area contributed by atoms with Crippen LogP contribution in [0.3, 0.4) is 0 Å². The van der Waals surface area contributed by atoms with E-state index in [1.165, 1.54) is 6.26 Å². The van der Waals surface area contributed by atoms with Crippen molar-refractivity contribution in [2.75, 3.05) is 18.6 Å². The molecule has 0 atom stereocenters. The highest BCUT2D eigenvalue weighted by Crippen LogP contribution is 2.14. The van der Waals surface area contributed by atoms with Crippen LogP contribution in [0.1, 0.15) is 16.9 Å². The second-order valence-electron chi connectivity index (χ2n) is 4.51. The van der Waals surface area contributed by atoms with Crippen molar-refractivity contribution < 1.29 is 13.2 Å². The number of H-pyrrole nitrogens is 1. The number of sulfone groups is 1. The Morgan fingerprint density at radius 2 is 2.05 bits per heavy atom. The van der Waals surface area contributed by atoms with E-state index >= 15 is 0 Å². The van der Waals surface area contributed by atoms with Crippen LogP contribution in [0.25, 0.3) is 10.9 Å². The van der Waals surface area contributed by atoms with E-state index in [-0.39, 0.29) is 11.7 Å². The van der Waals surface area contributed by atoms with Crippen LogP contribution in [0.15, 0.2) is 30.3 Å². The van der Waals surface area contributed by atoms with Gasteiger partial charge in [0.05, 0.1) is 5.75 Å². The molecule has 2 rings (SSSR count). The van der Waals surface area contributed by atoms with Crippen LogP contribution < -0.4 is 5.32 Å². The molecular formula is C13H16N2O3S. The van der Waals surface area contributed by atoms with Crippen molar-refractivity contribution in [1.29, 1.82) is 0 Å². The van der Waals surface area contributed by atoms with E-state index in [9.17, 15) is 13.2 Å². The smallest absolute Gasteiger partial charge is 0.267 e. The normalized spacial score (nSPS) is 11.6. The Balaban J connectivity index is 1.93. The van der Waals surface area contributed by atoms with Crippen LogP contribution >= 0.6 is 0 Å². The fourth-order valence-corrected chi connectivity index (χ4v) is 2.50. The van der Waals surface area contributed by atoms with Crippen molar-refractivity contribution in [2.24, 2.45) is 0 Å². The maximum absolute atomic E-state index is 11.8. The molecule has 0 aliphatic rings. The Hall–Kier alpha value is -1.82. The lowest BCUT2D eigenvalue weighted by Gasteiger charge is -2.02. The SMILES string of the molecule is CS(=O)(=O)CCCNC(=O)c1cc2ccccc2[nH]1. The first-order valence-corrected chi connectivity index (χ1v) is 8.05. The van der Waals surface area contributed by atoms with Gasteiger partial charge in [0.1, 0.15) is 15.5 Å². The summed E-state index contributed by atoms with van der Waals surface area (Å²) in [4.78, 5) is 14.9. The molecule has 102 valence electrons. The highest BCUT2D eigenvalue weighted by Gasteiger charge is 2.09.